The molecule has 1 heterocycles. The van der Waals surface area contributed by atoms with Gasteiger partial charge in [-0.15, -0.1) is 11.6 Å². The predicted molar refractivity (Wildman–Crippen MR) is 75.9 cm³/mol. The van der Waals surface area contributed by atoms with Crippen molar-refractivity contribution in [2.24, 2.45) is 0 Å². The van der Waals surface area contributed by atoms with Crippen molar-refractivity contribution < 1.29 is 18.7 Å². The highest BCUT2D eigenvalue weighted by atomic mass is 35.5. The fraction of sp³-hybridized carbons (Fsp3) is 0.429. The van der Waals surface area contributed by atoms with Crippen LogP contribution in [-0.4, -0.2) is 60.5 Å². The molecule has 2 amide bonds. The number of piperazine rings is 1. The number of ether oxygens (including phenoxy) is 1. The number of amides is 2. The molecule has 114 valence electrons. The van der Waals surface area contributed by atoms with Gasteiger partial charge >= 0.3 is 6.09 Å². The van der Waals surface area contributed by atoms with Crippen LogP contribution in [0.2, 0.25) is 0 Å². The van der Waals surface area contributed by atoms with Gasteiger partial charge in [-0.1, -0.05) is 12.1 Å². The Hall–Kier alpha value is -1.82. The van der Waals surface area contributed by atoms with Gasteiger partial charge in [-0.05, 0) is 12.1 Å². The lowest BCUT2D eigenvalue weighted by Gasteiger charge is -2.34. The van der Waals surface area contributed by atoms with Gasteiger partial charge < -0.3 is 14.5 Å². The van der Waals surface area contributed by atoms with Crippen LogP contribution in [0.4, 0.5) is 9.18 Å². The van der Waals surface area contributed by atoms with E-state index in [0.717, 1.165) is 0 Å². The normalized spacial score (nSPS) is 15.0. The molecule has 1 aliphatic heterocycles. The van der Waals surface area contributed by atoms with E-state index < -0.39 is 11.9 Å². The average Bonchev–Trinajstić information content (AvgIpc) is 2.52. The van der Waals surface area contributed by atoms with Crippen molar-refractivity contribution in [1.29, 1.82) is 0 Å². The molecule has 0 bridgehead atoms. The van der Waals surface area contributed by atoms with Gasteiger partial charge in [0, 0.05) is 26.2 Å². The molecule has 0 spiro atoms. The Labute approximate surface area is 127 Å². The molecule has 1 aromatic carbocycles. The lowest BCUT2D eigenvalue weighted by Crippen LogP contribution is -2.50. The van der Waals surface area contributed by atoms with Crippen LogP contribution in [0.1, 0.15) is 10.4 Å². The maximum atomic E-state index is 13.6. The quantitative estimate of drug-likeness (QED) is 0.801. The molecule has 1 saturated heterocycles. The first-order valence-corrected chi connectivity index (χ1v) is 7.18. The molecule has 7 heteroatoms. The number of carbonyl (C=O) groups excluding carboxylic acids is 2. The van der Waals surface area contributed by atoms with Gasteiger partial charge in [-0.3, -0.25) is 4.79 Å². The minimum Gasteiger partial charge on any atom is -0.448 e. The number of benzene rings is 1. The zero-order valence-electron chi connectivity index (χ0n) is 11.4. The molecule has 21 heavy (non-hydrogen) atoms. The summed E-state index contributed by atoms with van der Waals surface area (Å²) in [6.07, 6.45) is -0.436. The predicted octanol–water partition coefficient (Wildman–Crippen LogP) is 1.96. The fourth-order valence-electron chi connectivity index (χ4n) is 2.11. The Balaban J connectivity index is 1.91. The van der Waals surface area contributed by atoms with Crippen molar-refractivity contribution in [3.05, 3.63) is 35.6 Å². The van der Waals surface area contributed by atoms with Crippen molar-refractivity contribution in [2.75, 3.05) is 38.7 Å². The van der Waals surface area contributed by atoms with E-state index in [1.807, 2.05) is 0 Å². The molecule has 1 aromatic rings. The maximum absolute atomic E-state index is 13.6. The van der Waals surface area contributed by atoms with E-state index in [9.17, 15) is 14.0 Å². The lowest BCUT2D eigenvalue weighted by molar-refractivity contribution is 0.0568. The van der Waals surface area contributed by atoms with Crippen molar-refractivity contribution in [3.8, 4) is 0 Å². The summed E-state index contributed by atoms with van der Waals surface area (Å²) in [5.41, 5.74) is 0.0515. The SMILES string of the molecule is O=C(OCCCl)N1CCN(C(=O)c2ccccc2F)CC1. The molecule has 0 N–H and O–H groups in total. The molecule has 0 aromatic heterocycles. The first kappa shape index (κ1) is 15.6. The van der Waals surface area contributed by atoms with E-state index >= 15 is 0 Å². The van der Waals surface area contributed by atoms with E-state index in [4.69, 9.17) is 16.3 Å². The minimum absolute atomic E-state index is 0.0515. The first-order valence-electron chi connectivity index (χ1n) is 6.65. The fourth-order valence-corrected chi connectivity index (χ4v) is 2.19. The van der Waals surface area contributed by atoms with Crippen LogP contribution in [0.3, 0.4) is 0 Å². The van der Waals surface area contributed by atoms with Crippen LogP contribution in [0, 0.1) is 5.82 Å². The molecular weight excluding hydrogens is 299 g/mol. The number of alkyl halides is 1. The van der Waals surface area contributed by atoms with Crippen LogP contribution in [0.15, 0.2) is 24.3 Å². The van der Waals surface area contributed by atoms with E-state index in [2.05, 4.69) is 0 Å². The third-order valence-corrected chi connectivity index (χ3v) is 3.39. The van der Waals surface area contributed by atoms with Crippen LogP contribution in [0.25, 0.3) is 0 Å². The van der Waals surface area contributed by atoms with Gasteiger partial charge in [0.05, 0.1) is 11.4 Å². The summed E-state index contributed by atoms with van der Waals surface area (Å²) in [6, 6.07) is 5.87. The number of carbonyl (C=O) groups is 2. The second kappa shape index (κ2) is 7.26. The monoisotopic (exact) mass is 314 g/mol. The summed E-state index contributed by atoms with van der Waals surface area (Å²) < 4.78 is 18.5. The highest BCUT2D eigenvalue weighted by Gasteiger charge is 2.26. The first-order chi connectivity index (χ1) is 10.1. The molecular formula is C14H16ClFN2O3. The van der Waals surface area contributed by atoms with Gasteiger partial charge in [0.2, 0.25) is 0 Å². The molecule has 0 atom stereocenters. The molecule has 0 radical (unpaired) electrons. The second-order valence-corrected chi connectivity index (χ2v) is 4.94. The summed E-state index contributed by atoms with van der Waals surface area (Å²) in [4.78, 5) is 26.9. The standard InChI is InChI=1S/C14H16ClFN2O3/c15-5-10-21-14(20)18-8-6-17(7-9-18)13(19)11-3-1-2-4-12(11)16/h1-4H,5-10H2. The van der Waals surface area contributed by atoms with E-state index in [1.54, 1.807) is 6.07 Å². The topological polar surface area (TPSA) is 49.9 Å². The summed E-state index contributed by atoms with van der Waals surface area (Å²) >= 11 is 5.45. The Morgan fingerprint density at radius 2 is 1.76 bits per heavy atom. The van der Waals surface area contributed by atoms with Crippen molar-refractivity contribution in [2.45, 2.75) is 0 Å². The average molecular weight is 315 g/mol. The number of nitrogens with zero attached hydrogens (tertiary/aromatic N) is 2. The second-order valence-electron chi connectivity index (χ2n) is 4.56. The summed E-state index contributed by atoms with van der Waals surface area (Å²) in [7, 11) is 0. The molecule has 0 unspecified atom stereocenters. The van der Waals surface area contributed by atoms with Crippen LogP contribution < -0.4 is 0 Å². The number of hydrogen-bond acceptors (Lipinski definition) is 3. The molecule has 5 nitrogen and oxygen atoms in total. The summed E-state index contributed by atoms with van der Waals surface area (Å²) in [5, 5.41) is 0. The third-order valence-electron chi connectivity index (χ3n) is 3.23. The van der Waals surface area contributed by atoms with Crippen LogP contribution in [-0.2, 0) is 4.74 Å². The van der Waals surface area contributed by atoms with Gasteiger partial charge in [0.1, 0.15) is 12.4 Å². The zero-order valence-corrected chi connectivity index (χ0v) is 12.2. The van der Waals surface area contributed by atoms with E-state index in [1.165, 1.54) is 28.0 Å². The highest BCUT2D eigenvalue weighted by Crippen LogP contribution is 2.12. The minimum atomic E-state index is -0.536. The van der Waals surface area contributed by atoms with Crippen LogP contribution in [0.5, 0.6) is 0 Å². The summed E-state index contributed by atoms with van der Waals surface area (Å²) in [5.74, 6) is -0.648. The highest BCUT2D eigenvalue weighted by molar-refractivity contribution is 6.18. The summed E-state index contributed by atoms with van der Waals surface area (Å²) in [6.45, 7) is 1.59. The Kier molecular flexibility index (Phi) is 5.38. The van der Waals surface area contributed by atoms with Crippen molar-refractivity contribution in [1.82, 2.24) is 9.80 Å². The number of rotatable bonds is 3. The van der Waals surface area contributed by atoms with Crippen molar-refractivity contribution in [3.63, 3.8) is 0 Å². The lowest BCUT2D eigenvalue weighted by atomic mass is 10.1. The van der Waals surface area contributed by atoms with Crippen LogP contribution >= 0.6 is 11.6 Å². The van der Waals surface area contributed by atoms with Gasteiger partial charge in [-0.25, -0.2) is 9.18 Å². The number of hydrogen-bond donors (Lipinski definition) is 0. The largest absolute Gasteiger partial charge is 0.448 e. The molecule has 1 aliphatic rings. The Morgan fingerprint density at radius 3 is 2.38 bits per heavy atom. The van der Waals surface area contributed by atoms with Gasteiger partial charge in [0.15, 0.2) is 0 Å². The Bertz CT molecular complexity index is 519. The van der Waals surface area contributed by atoms with E-state index in [-0.39, 0.29) is 24.0 Å². The van der Waals surface area contributed by atoms with Gasteiger partial charge in [0.25, 0.3) is 5.91 Å². The molecule has 2 rings (SSSR count). The number of halogens is 2. The van der Waals surface area contributed by atoms with Crippen molar-refractivity contribution >= 4 is 23.6 Å². The van der Waals surface area contributed by atoms with E-state index in [0.29, 0.717) is 26.2 Å². The maximum Gasteiger partial charge on any atom is 0.409 e. The smallest absolute Gasteiger partial charge is 0.409 e. The third kappa shape index (κ3) is 3.85. The molecule has 0 aliphatic carbocycles. The van der Waals surface area contributed by atoms with Gasteiger partial charge in [-0.2, -0.15) is 0 Å². The zero-order chi connectivity index (χ0) is 15.2. The molecule has 0 saturated carbocycles. The Morgan fingerprint density at radius 1 is 1.14 bits per heavy atom. The molecule has 1 fully saturated rings.